The first-order chi connectivity index (χ1) is 5.78. The maximum absolute atomic E-state index is 5.07. The monoisotopic (exact) mass is 168 g/mol. The zero-order chi connectivity index (χ0) is 9.40. The van der Waals surface area contributed by atoms with E-state index in [-0.39, 0.29) is 0 Å². The third-order valence-corrected chi connectivity index (χ3v) is 1.98. The van der Waals surface area contributed by atoms with Crippen molar-refractivity contribution in [2.24, 2.45) is 0 Å². The van der Waals surface area contributed by atoms with Gasteiger partial charge in [0, 0.05) is 7.11 Å². The maximum atomic E-state index is 5.07. The Bertz CT molecular complexity index is 160. The summed E-state index contributed by atoms with van der Waals surface area (Å²) in [5.41, 5.74) is 2.76. The first-order valence-electron chi connectivity index (χ1n) is 4.62. The molecule has 0 aromatic carbocycles. The molecule has 0 N–H and O–H groups in total. The number of allylic oxidation sites excluding steroid dienone is 2. The van der Waals surface area contributed by atoms with Gasteiger partial charge in [0.25, 0.3) is 0 Å². The highest BCUT2D eigenvalue weighted by Gasteiger charge is 1.93. The van der Waals surface area contributed by atoms with Gasteiger partial charge in [-0.1, -0.05) is 31.6 Å². The van der Waals surface area contributed by atoms with Crippen LogP contribution in [0, 0.1) is 0 Å². The van der Waals surface area contributed by atoms with Crippen molar-refractivity contribution in [3.05, 3.63) is 23.3 Å². The van der Waals surface area contributed by atoms with Crippen LogP contribution in [0.25, 0.3) is 0 Å². The minimum atomic E-state index is 0.722. The summed E-state index contributed by atoms with van der Waals surface area (Å²) < 4.78 is 5.07. The second-order valence-electron chi connectivity index (χ2n) is 2.81. The van der Waals surface area contributed by atoms with Crippen LogP contribution >= 0.6 is 0 Å². The van der Waals surface area contributed by atoms with E-state index in [1.54, 1.807) is 7.11 Å². The molecule has 0 bridgehead atoms. The lowest BCUT2D eigenvalue weighted by atomic mass is 10.1. The summed E-state index contributed by atoms with van der Waals surface area (Å²) in [6, 6.07) is 0. The highest BCUT2D eigenvalue weighted by Crippen LogP contribution is 2.10. The molecule has 70 valence electrons. The molecule has 12 heavy (non-hydrogen) atoms. The Kier molecular flexibility index (Phi) is 6.78. The summed E-state index contributed by atoms with van der Waals surface area (Å²) in [6.45, 7) is 7.15. The molecule has 0 aromatic heterocycles. The lowest BCUT2D eigenvalue weighted by Gasteiger charge is -2.03. The Hall–Kier alpha value is -0.560. The minimum absolute atomic E-state index is 0.722. The van der Waals surface area contributed by atoms with Crippen molar-refractivity contribution in [2.75, 3.05) is 13.7 Å². The Balaban J connectivity index is 4.23. The molecule has 0 saturated carbocycles. The predicted octanol–water partition coefficient (Wildman–Crippen LogP) is 3.33. The number of hydrogen-bond acceptors (Lipinski definition) is 1. The van der Waals surface area contributed by atoms with E-state index in [1.807, 2.05) is 6.92 Å². The molecule has 1 heteroatoms. The summed E-state index contributed by atoms with van der Waals surface area (Å²) in [5.74, 6) is 0. The quantitative estimate of drug-likeness (QED) is 0.572. The number of methoxy groups -OCH3 is 1. The highest BCUT2D eigenvalue weighted by molar-refractivity contribution is 5.23. The van der Waals surface area contributed by atoms with Crippen LogP contribution in [0.2, 0.25) is 0 Å². The van der Waals surface area contributed by atoms with E-state index < -0.39 is 0 Å². The van der Waals surface area contributed by atoms with Gasteiger partial charge in [-0.15, -0.1) is 0 Å². The van der Waals surface area contributed by atoms with Gasteiger partial charge in [0.1, 0.15) is 0 Å². The molecule has 0 heterocycles. The van der Waals surface area contributed by atoms with Crippen LogP contribution in [0.5, 0.6) is 0 Å². The van der Waals surface area contributed by atoms with E-state index in [4.69, 9.17) is 4.74 Å². The summed E-state index contributed by atoms with van der Waals surface area (Å²) in [5, 5.41) is 0. The molecule has 0 atom stereocenters. The van der Waals surface area contributed by atoms with Crippen molar-refractivity contribution in [3.8, 4) is 0 Å². The summed E-state index contributed by atoms with van der Waals surface area (Å²) in [6.07, 6.45) is 6.62. The van der Waals surface area contributed by atoms with Crippen LogP contribution in [-0.2, 0) is 4.74 Å². The van der Waals surface area contributed by atoms with Gasteiger partial charge < -0.3 is 4.74 Å². The molecule has 0 amide bonds. The molecule has 1 nitrogen and oxygen atoms in total. The van der Waals surface area contributed by atoms with Crippen LogP contribution in [0.4, 0.5) is 0 Å². The molecule has 0 spiro atoms. The van der Waals surface area contributed by atoms with Crippen molar-refractivity contribution >= 4 is 0 Å². The average Bonchev–Trinajstić information content (AvgIpc) is 2.12. The van der Waals surface area contributed by atoms with Crippen molar-refractivity contribution in [2.45, 2.75) is 33.6 Å². The first-order valence-corrected chi connectivity index (χ1v) is 4.62. The van der Waals surface area contributed by atoms with Gasteiger partial charge in [-0.25, -0.2) is 0 Å². The van der Waals surface area contributed by atoms with Crippen molar-refractivity contribution in [1.82, 2.24) is 0 Å². The Morgan fingerprint density at radius 2 is 1.83 bits per heavy atom. The van der Waals surface area contributed by atoms with Crippen LogP contribution < -0.4 is 0 Å². The molecule has 0 saturated heterocycles. The summed E-state index contributed by atoms with van der Waals surface area (Å²) >= 11 is 0. The fourth-order valence-corrected chi connectivity index (χ4v) is 1.09. The second-order valence-corrected chi connectivity index (χ2v) is 2.81. The maximum Gasteiger partial charge on any atom is 0.0709 e. The molecule has 0 fully saturated rings. The van der Waals surface area contributed by atoms with Gasteiger partial charge in [-0.2, -0.15) is 0 Å². The van der Waals surface area contributed by atoms with Crippen LogP contribution in [0.3, 0.4) is 0 Å². The molecular weight excluding hydrogens is 148 g/mol. The number of ether oxygens (including phenoxy) is 1. The van der Waals surface area contributed by atoms with Gasteiger partial charge in [-0.05, 0) is 25.3 Å². The van der Waals surface area contributed by atoms with E-state index in [1.165, 1.54) is 11.1 Å². The van der Waals surface area contributed by atoms with Crippen molar-refractivity contribution in [3.63, 3.8) is 0 Å². The fraction of sp³-hybridized carbons (Fsp3) is 0.636. The molecular formula is C11H20O. The Labute approximate surface area is 76.1 Å². The van der Waals surface area contributed by atoms with Crippen LogP contribution in [0.15, 0.2) is 23.3 Å². The number of rotatable bonds is 5. The third kappa shape index (κ3) is 4.35. The topological polar surface area (TPSA) is 9.23 Å². The number of hydrogen-bond donors (Lipinski definition) is 0. The van der Waals surface area contributed by atoms with Gasteiger partial charge in [0.05, 0.1) is 6.61 Å². The van der Waals surface area contributed by atoms with E-state index in [0.29, 0.717) is 0 Å². The molecule has 0 aromatic rings. The zero-order valence-corrected chi connectivity index (χ0v) is 8.68. The molecule has 0 radical (unpaired) electrons. The average molecular weight is 168 g/mol. The van der Waals surface area contributed by atoms with Crippen molar-refractivity contribution in [1.29, 1.82) is 0 Å². The van der Waals surface area contributed by atoms with E-state index in [0.717, 1.165) is 19.4 Å². The molecule has 0 unspecified atom stereocenters. The highest BCUT2D eigenvalue weighted by atomic mass is 16.5. The molecule has 0 aliphatic carbocycles. The normalized spacial score (nSPS) is 11.5. The van der Waals surface area contributed by atoms with Crippen molar-refractivity contribution < 1.29 is 4.74 Å². The van der Waals surface area contributed by atoms with Crippen LogP contribution in [-0.4, -0.2) is 13.7 Å². The molecule has 0 aliphatic rings. The summed E-state index contributed by atoms with van der Waals surface area (Å²) in [4.78, 5) is 0. The zero-order valence-electron chi connectivity index (χ0n) is 8.68. The smallest absolute Gasteiger partial charge is 0.0709 e. The van der Waals surface area contributed by atoms with E-state index in [2.05, 4.69) is 26.0 Å². The molecule has 0 rings (SSSR count). The first kappa shape index (κ1) is 11.4. The van der Waals surface area contributed by atoms with Gasteiger partial charge in [0.15, 0.2) is 0 Å². The minimum Gasteiger partial charge on any atom is -0.380 e. The lowest BCUT2D eigenvalue weighted by Crippen LogP contribution is -1.92. The largest absolute Gasteiger partial charge is 0.380 e. The fourth-order valence-electron chi connectivity index (χ4n) is 1.09. The van der Waals surface area contributed by atoms with E-state index >= 15 is 0 Å². The van der Waals surface area contributed by atoms with E-state index in [9.17, 15) is 0 Å². The van der Waals surface area contributed by atoms with Crippen LogP contribution in [0.1, 0.15) is 33.6 Å². The van der Waals surface area contributed by atoms with Gasteiger partial charge >= 0.3 is 0 Å². The Morgan fingerprint density at radius 1 is 1.25 bits per heavy atom. The third-order valence-electron chi connectivity index (χ3n) is 1.98. The lowest BCUT2D eigenvalue weighted by molar-refractivity contribution is 0.228. The standard InChI is InChI=1S/C11H20O/c1-5-10(6-2)8-11(7-3)9-12-4/h7-8H,5-6,9H2,1-4H3. The predicted molar refractivity (Wildman–Crippen MR) is 54.3 cm³/mol. The Morgan fingerprint density at radius 3 is 2.17 bits per heavy atom. The molecule has 0 aliphatic heterocycles. The SMILES string of the molecule is CC=C(C=C(CC)CC)COC. The van der Waals surface area contributed by atoms with Gasteiger partial charge in [0.2, 0.25) is 0 Å². The summed E-state index contributed by atoms with van der Waals surface area (Å²) in [7, 11) is 1.73. The second kappa shape index (κ2) is 7.11. The van der Waals surface area contributed by atoms with Gasteiger partial charge in [-0.3, -0.25) is 0 Å².